The first-order valence-electron chi connectivity index (χ1n) is 7.75. The van der Waals surface area contributed by atoms with Crippen LogP contribution in [0.3, 0.4) is 0 Å². The van der Waals surface area contributed by atoms with Crippen LogP contribution in [0.25, 0.3) is 11.0 Å². The summed E-state index contributed by atoms with van der Waals surface area (Å²) in [6.45, 7) is 2.00. The van der Waals surface area contributed by atoms with Crippen molar-refractivity contribution in [3.8, 4) is 0 Å². The molecule has 3 aromatic rings. The van der Waals surface area contributed by atoms with E-state index in [0.717, 1.165) is 3.97 Å². The number of fused-ring (bicyclic) bond motifs is 1. The molecule has 0 spiro atoms. The van der Waals surface area contributed by atoms with Crippen LogP contribution >= 0.6 is 0 Å². The minimum absolute atomic E-state index is 0.0321. The summed E-state index contributed by atoms with van der Waals surface area (Å²) in [4.78, 5) is 19.9. The SMILES string of the molecule is CCOC(=O)Cc1ncnc2c1ccn2S(=O)(=O)Cc1ccccc1. The molecule has 25 heavy (non-hydrogen) atoms. The van der Waals surface area contributed by atoms with Gasteiger partial charge in [-0.15, -0.1) is 0 Å². The third-order valence-electron chi connectivity index (χ3n) is 3.64. The Morgan fingerprint density at radius 2 is 1.92 bits per heavy atom. The number of rotatable bonds is 6. The topological polar surface area (TPSA) is 91.2 Å². The van der Waals surface area contributed by atoms with E-state index in [1.54, 1.807) is 37.3 Å². The van der Waals surface area contributed by atoms with Crippen LogP contribution in [0.1, 0.15) is 18.2 Å². The molecule has 0 bridgehead atoms. The fraction of sp³-hybridized carbons (Fsp3) is 0.235. The molecule has 0 fully saturated rings. The largest absolute Gasteiger partial charge is 0.466 e. The Labute approximate surface area is 145 Å². The molecule has 2 aromatic heterocycles. The smallest absolute Gasteiger partial charge is 0.311 e. The summed E-state index contributed by atoms with van der Waals surface area (Å²) in [6, 6.07) is 10.5. The van der Waals surface area contributed by atoms with Gasteiger partial charge in [0.15, 0.2) is 5.65 Å². The number of hydrogen-bond donors (Lipinski definition) is 0. The lowest BCUT2D eigenvalue weighted by Crippen LogP contribution is -2.15. The van der Waals surface area contributed by atoms with Crippen LogP contribution in [0.5, 0.6) is 0 Å². The molecule has 130 valence electrons. The zero-order chi connectivity index (χ0) is 17.9. The van der Waals surface area contributed by atoms with Crippen molar-refractivity contribution >= 4 is 27.0 Å². The molecule has 8 heteroatoms. The molecule has 7 nitrogen and oxygen atoms in total. The molecular formula is C17H17N3O4S. The van der Waals surface area contributed by atoms with E-state index in [1.165, 1.54) is 12.5 Å². The van der Waals surface area contributed by atoms with E-state index in [4.69, 9.17) is 4.74 Å². The van der Waals surface area contributed by atoms with E-state index < -0.39 is 16.0 Å². The molecule has 0 saturated carbocycles. The molecule has 0 atom stereocenters. The van der Waals surface area contributed by atoms with Gasteiger partial charge in [-0.3, -0.25) is 4.79 Å². The number of ether oxygens (including phenoxy) is 1. The van der Waals surface area contributed by atoms with E-state index >= 15 is 0 Å². The summed E-state index contributed by atoms with van der Waals surface area (Å²) in [5, 5.41) is 0.521. The maximum absolute atomic E-state index is 12.7. The Morgan fingerprint density at radius 1 is 1.16 bits per heavy atom. The molecule has 0 unspecified atom stereocenters. The van der Waals surface area contributed by atoms with Gasteiger partial charge in [-0.25, -0.2) is 22.4 Å². The molecule has 0 saturated heterocycles. The van der Waals surface area contributed by atoms with E-state index in [9.17, 15) is 13.2 Å². The second-order valence-electron chi connectivity index (χ2n) is 5.39. The fourth-order valence-corrected chi connectivity index (χ4v) is 3.96. The summed E-state index contributed by atoms with van der Waals surface area (Å²) in [5.74, 6) is -0.558. The van der Waals surface area contributed by atoms with Gasteiger partial charge in [0.25, 0.3) is 0 Å². The van der Waals surface area contributed by atoms with Gasteiger partial charge in [0.05, 0.1) is 24.5 Å². The van der Waals surface area contributed by atoms with Crippen molar-refractivity contribution in [3.05, 3.63) is 60.2 Å². The summed E-state index contributed by atoms with van der Waals surface area (Å²) < 4.78 is 31.5. The number of esters is 1. The first-order valence-corrected chi connectivity index (χ1v) is 9.36. The predicted octanol–water partition coefficient (Wildman–Crippen LogP) is 1.92. The van der Waals surface area contributed by atoms with E-state index in [0.29, 0.717) is 16.6 Å². The highest BCUT2D eigenvalue weighted by atomic mass is 32.2. The van der Waals surface area contributed by atoms with Gasteiger partial charge < -0.3 is 4.74 Å². The lowest BCUT2D eigenvalue weighted by Gasteiger charge is -2.08. The first-order chi connectivity index (χ1) is 12.0. The van der Waals surface area contributed by atoms with Crippen LogP contribution in [0, 0.1) is 0 Å². The summed E-state index contributed by atoms with van der Waals surface area (Å²) >= 11 is 0. The molecule has 0 radical (unpaired) electrons. The molecule has 0 amide bonds. The van der Waals surface area contributed by atoms with Gasteiger partial charge in [0, 0.05) is 11.6 Å². The Kier molecular flexibility index (Phi) is 4.80. The number of nitrogens with zero attached hydrogens (tertiary/aromatic N) is 3. The number of benzene rings is 1. The molecule has 1 aromatic carbocycles. The summed E-state index contributed by atoms with van der Waals surface area (Å²) in [5.41, 5.74) is 1.38. The lowest BCUT2D eigenvalue weighted by atomic mass is 10.2. The third kappa shape index (κ3) is 3.69. The Hall–Kier alpha value is -2.74. The number of carbonyl (C=O) groups excluding carboxylic acids is 1. The normalized spacial score (nSPS) is 11.6. The van der Waals surface area contributed by atoms with Crippen LogP contribution in [0.15, 0.2) is 48.9 Å². The van der Waals surface area contributed by atoms with Crippen LogP contribution in [-0.2, 0) is 31.7 Å². The number of aromatic nitrogens is 3. The van der Waals surface area contributed by atoms with Gasteiger partial charge in [-0.1, -0.05) is 30.3 Å². The zero-order valence-electron chi connectivity index (χ0n) is 13.6. The maximum Gasteiger partial charge on any atom is 0.311 e. The maximum atomic E-state index is 12.7. The van der Waals surface area contributed by atoms with Crippen LogP contribution in [-0.4, -0.2) is 34.9 Å². The van der Waals surface area contributed by atoms with E-state index in [2.05, 4.69) is 9.97 Å². The summed E-state index contributed by atoms with van der Waals surface area (Å²) in [7, 11) is -3.64. The molecule has 3 rings (SSSR count). The standard InChI is InChI=1S/C17H17N3O4S/c1-2-24-16(21)10-15-14-8-9-20(17(14)19-12-18-15)25(22,23)11-13-6-4-3-5-7-13/h3-9,12H,2,10-11H2,1H3. The number of carbonyl (C=O) groups is 1. The highest BCUT2D eigenvalue weighted by Crippen LogP contribution is 2.20. The van der Waals surface area contributed by atoms with Crippen LogP contribution < -0.4 is 0 Å². The second kappa shape index (κ2) is 7.02. The van der Waals surface area contributed by atoms with Gasteiger partial charge in [-0.05, 0) is 18.6 Å². The molecule has 0 aliphatic heterocycles. The number of hydrogen-bond acceptors (Lipinski definition) is 6. The Bertz CT molecular complexity index is 997. The minimum Gasteiger partial charge on any atom is -0.466 e. The van der Waals surface area contributed by atoms with Crippen LogP contribution in [0.2, 0.25) is 0 Å². The van der Waals surface area contributed by atoms with Crippen LogP contribution in [0.4, 0.5) is 0 Å². The van der Waals surface area contributed by atoms with Gasteiger partial charge >= 0.3 is 5.97 Å². The lowest BCUT2D eigenvalue weighted by molar-refractivity contribution is -0.142. The predicted molar refractivity (Wildman–Crippen MR) is 92.3 cm³/mol. The third-order valence-corrected chi connectivity index (χ3v) is 5.23. The summed E-state index contributed by atoms with van der Waals surface area (Å²) in [6.07, 6.45) is 2.66. The van der Waals surface area contributed by atoms with Crippen molar-refractivity contribution in [3.63, 3.8) is 0 Å². The fourth-order valence-electron chi connectivity index (χ4n) is 2.55. The van der Waals surface area contributed by atoms with E-state index in [-0.39, 0.29) is 24.4 Å². The Morgan fingerprint density at radius 3 is 2.64 bits per heavy atom. The molecule has 2 heterocycles. The van der Waals surface area contributed by atoms with Crippen molar-refractivity contribution < 1.29 is 17.9 Å². The average Bonchev–Trinajstić information content (AvgIpc) is 3.02. The molecule has 0 aliphatic carbocycles. The second-order valence-corrected chi connectivity index (χ2v) is 7.24. The minimum atomic E-state index is -3.64. The van der Waals surface area contributed by atoms with Crippen molar-refractivity contribution in [2.45, 2.75) is 19.1 Å². The van der Waals surface area contributed by atoms with Crippen molar-refractivity contribution in [2.24, 2.45) is 0 Å². The van der Waals surface area contributed by atoms with Crippen molar-refractivity contribution in [1.29, 1.82) is 0 Å². The molecule has 0 aliphatic rings. The van der Waals surface area contributed by atoms with Crippen molar-refractivity contribution in [2.75, 3.05) is 6.61 Å². The quantitative estimate of drug-likeness (QED) is 0.625. The first kappa shape index (κ1) is 17.1. The molecular weight excluding hydrogens is 342 g/mol. The molecule has 0 N–H and O–H groups in total. The highest BCUT2D eigenvalue weighted by Gasteiger charge is 2.20. The van der Waals surface area contributed by atoms with Gasteiger partial charge in [-0.2, -0.15) is 0 Å². The monoisotopic (exact) mass is 359 g/mol. The average molecular weight is 359 g/mol. The Balaban J connectivity index is 1.97. The van der Waals surface area contributed by atoms with Gasteiger partial charge in [0.1, 0.15) is 6.33 Å². The van der Waals surface area contributed by atoms with E-state index in [1.807, 2.05) is 6.07 Å². The van der Waals surface area contributed by atoms with Crippen molar-refractivity contribution in [1.82, 2.24) is 13.9 Å². The highest BCUT2D eigenvalue weighted by molar-refractivity contribution is 7.89. The van der Waals surface area contributed by atoms with Gasteiger partial charge in [0.2, 0.25) is 10.0 Å². The zero-order valence-corrected chi connectivity index (χ0v) is 14.4.